The molecule has 0 amide bonds. The minimum absolute atomic E-state index is 0.0990. The first-order valence-corrected chi connectivity index (χ1v) is 5.40. The van der Waals surface area contributed by atoms with E-state index in [9.17, 15) is 4.79 Å². The Bertz CT molecular complexity index is 565. The fourth-order valence-corrected chi connectivity index (χ4v) is 1.37. The van der Waals surface area contributed by atoms with Crippen LogP contribution in [0.3, 0.4) is 0 Å². The van der Waals surface area contributed by atoms with Gasteiger partial charge in [0.05, 0.1) is 5.69 Å². The molecule has 2 aromatic rings. The van der Waals surface area contributed by atoms with Crippen molar-refractivity contribution in [3.05, 3.63) is 11.4 Å². The number of ether oxygens (including phenoxy) is 1. The standard InChI is InChI=1S/C10H14N6O2/c1-5-6(12-15-11-5)7-8(14-16-13-7)9(17)18-10(2,3)4/h1-4H3,(H,11,12,15)(H,13,14,16). The summed E-state index contributed by atoms with van der Waals surface area (Å²) in [5.41, 5.74) is 0.947. The molecule has 0 fully saturated rings. The fourth-order valence-electron chi connectivity index (χ4n) is 1.37. The van der Waals surface area contributed by atoms with Crippen LogP contribution in [-0.4, -0.2) is 42.4 Å². The van der Waals surface area contributed by atoms with E-state index in [-0.39, 0.29) is 5.69 Å². The van der Waals surface area contributed by atoms with Gasteiger partial charge in [0.1, 0.15) is 17.0 Å². The molecule has 0 bridgehead atoms. The number of H-pyrrole nitrogens is 2. The summed E-state index contributed by atoms with van der Waals surface area (Å²) in [6, 6.07) is 0. The van der Waals surface area contributed by atoms with Crippen LogP contribution in [0, 0.1) is 6.92 Å². The van der Waals surface area contributed by atoms with Gasteiger partial charge < -0.3 is 4.74 Å². The number of nitrogens with one attached hydrogen (secondary N) is 2. The summed E-state index contributed by atoms with van der Waals surface area (Å²) in [6.45, 7) is 7.11. The van der Waals surface area contributed by atoms with E-state index in [0.717, 1.165) is 0 Å². The first kappa shape index (κ1) is 12.2. The van der Waals surface area contributed by atoms with E-state index in [1.807, 2.05) is 0 Å². The molecule has 96 valence electrons. The van der Waals surface area contributed by atoms with Crippen molar-refractivity contribution >= 4 is 5.97 Å². The average Bonchev–Trinajstić information content (AvgIpc) is 2.82. The summed E-state index contributed by atoms with van der Waals surface area (Å²) in [4.78, 5) is 11.9. The number of aryl methyl sites for hydroxylation is 1. The van der Waals surface area contributed by atoms with Gasteiger partial charge >= 0.3 is 5.97 Å². The van der Waals surface area contributed by atoms with Crippen molar-refractivity contribution < 1.29 is 9.53 Å². The SMILES string of the molecule is Cc1n[nH]nc1-c1n[nH]nc1C(=O)OC(C)(C)C. The molecule has 0 aliphatic rings. The molecule has 0 atom stereocenters. The van der Waals surface area contributed by atoms with Gasteiger partial charge in [0, 0.05) is 0 Å². The maximum Gasteiger partial charge on any atom is 0.361 e. The molecule has 8 heteroatoms. The molecule has 2 N–H and O–H groups in total. The van der Waals surface area contributed by atoms with E-state index >= 15 is 0 Å². The Balaban J connectivity index is 2.34. The smallest absolute Gasteiger partial charge is 0.361 e. The molecule has 2 rings (SSSR count). The van der Waals surface area contributed by atoms with Gasteiger partial charge in [-0.2, -0.15) is 25.7 Å². The first-order valence-electron chi connectivity index (χ1n) is 5.40. The number of rotatable bonds is 2. The van der Waals surface area contributed by atoms with Crippen LogP contribution >= 0.6 is 0 Å². The molecule has 0 radical (unpaired) electrons. The molecule has 0 saturated carbocycles. The highest BCUT2D eigenvalue weighted by atomic mass is 16.6. The Labute approximate surface area is 103 Å². The molecule has 8 nitrogen and oxygen atoms in total. The normalized spacial score (nSPS) is 11.6. The third-order valence-corrected chi connectivity index (χ3v) is 2.09. The molecule has 0 aromatic carbocycles. The zero-order chi connectivity index (χ0) is 13.3. The van der Waals surface area contributed by atoms with Crippen molar-refractivity contribution in [1.29, 1.82) is 0 Å². The Morgan fingerprint density at radius 1 is 1.06 bits per heavy atom. The van der Waals surface area contributed by atoms with E-state index in [2.05, 4.69) is 30.8 Å². The number of aromatic nitrogens is 6. The fraction of sp³-hybridized carbons (Fsp3) is 0.500. The van der Waals surface area contributed by atoms with Crippen LogP contribution in [0.25, 0.3) is 11.4 Å². The molecule has 0 unspecified atom stereocenters. The van der Waals surface area contributed by atoms with Crippen molar-refractivity contribution in [3.8, 4) is 11.4 Å². The van der Waals surface area contributed by atoms with E-state index in [1.165, 1.54) is 0 Å². The Kier molecular flexibility index (Phi) is 2.85. The van der Waals surface area contributed by atoms with E-state index in [4.69, 9.17) is 4.74 Å². The molecule has 0 aliphatic carbocycles. The van der Waals surface area contributed by atoms with Gasteiger partial charge in [-0.3, -0.25) is 0 Å². The molecule has 18 heavy (non-hydrogen) atoms. The molecule has 0 saturated heterocycles. The summed E-state index contributed by atoms with van der Waals surface area (Å²) in [7, 11) is 0. The largest absolute Gasteiger partial charge is 0.455 e. The highest BCUT2D eigenvalue weighted by molar-refractivity contribution is 5.93. The van der Waals surface area contributed by atoms with Gasteiger partial charge in [-0.25, -0.2) is 4.79 Å². The molecule has 2 aromatic heterocycles. The quantitative estimate of drug-likeness (QED) is 0.765. The third kappa shape index (κ3) is 2.36. The molecular formula is C10H14N6O2. The maximum absolute atomic E-state index is 11.9. The van der Waals surface area contributed by atoms with Crippen LogP contribution in [0.2, 0.25) is 0 Å². The Morgan fingerprint density at radius 3 is 2.22 bits per heavy atom. The minimum Gasteiger partial charge on any atom is -0.455 e. The molecule has 2 heterocycles. The van der Waals surface area contributed by atoms with Gasteiger partial charge in [-0.05, 0) is 27.7 Å². The predicted molar refractivity (Wildman–Crippen MR) is 61.7 cm³/mol. The number of hydrogen-bond donors (Lipinski definition) is 2. The van der Waals surface area contributed by atoms with E-state index in [1.54, 1.807) is 27.7 Å². The van der Waals surface area contributed by atoms with Gasteiger partial charge in [-0.15, -0.1) is 5.10 Å². The van der Waals surface area contributed by atoms with Crippen molar-refractivity contribution in [1.82, 2.24) is 30.8 Å². The van der Waals surface area contributed by atoms with Crippen molar-refractivity contribution in [2.75, 3.05) is 0 Å². The summed E-state index contributed by atoms with van der Waals surface area (Å²) in [6.07, 6.45) is 0. The summed E-state index contributed by atoms with van der Waals surface area (Å²) >= 11 is 0. The number of aromatic amines is 2. The van der Waals surface area contributed by atoms with Gasteiger partial charge in [0.2, 0.25) is 0 Å². The zero-order valence-electron chi connectivity index (χ0n) is 10.6. The monoisotopic (exact) mass is 250 g/mol. The minimum atomic E-state index is -0.591. The highest BCUT2D eigenvalue weighted by Gasteiger charge is 2.26. The second-order valence-electron chi connectivity index (χ2n) is 4.78. The summed E-state index contributed by atoms with van der Waals surface area (Å²) < 4.78 is 5.24. The van der Waals surface area contributed by atoms with Crippen molar-refractivity contribution in [3.63, 3.8) is 0 Å². The zero-order valence-corrected chi connectivity index (χ0v) is 10.6. The van der Waals surface area contributed by atoms with Crippen LogP contribution in [0.4, 0.5) is 0 Å². The summed E-state index contributed by atoms with van der Waals surface area (Å²) in [5.74, 6) is -0.548. The van der Waals surface area contributed by atoms with Crippen molar-refractivity contribution in [2.45, 2.75) is 33.3 Å². The number of carbonyl (C=O) groups excluding carboxylic acids is 1. The van der Waals surface area contributed by atoms with E-state index < -0.39 is 11.6 Å². The molecule has 0 spiro atoms. The summed E-state index contributed by atoms with van der Waals surface area (Å²) in [5, 5.41) is 20.4. The van der Waals surface area contributed by atoms with Crippen LogP contribution in [0.1, 0.15) is 37.0 Å². The second-order valence-corrected chi connectivity index (χ2v) is 4.78. The Morgan fingerprint density at radius 2 is 1.67 bits per heavy atom. The lowest BCUT2D eigenvalue weighted by atomic mass is 10.2. The lowest BCUT2D eigenvalue weighted by Gasteiger charge is -2.18. The van der Waals surface area contributed by atoms with Crippen LogP contribution < -0.4 is 0 Å². The van der Waals surface area contributed by atoms with Crippen LogP contribution in [0.15, 0.2) is 0 Å². The number of nitrogens with zero attached hydrogens (tertiary/aromatic N) is 4. The number of esters is 1. The maximum atomic E-state index is 11.9. The lowest BCUT2D eigenvalue weighted by Crippen LogP contribution is -2.24. The van der Waals surface area contributed by atoms with Crippen LogP contribution in [-0.2, 0) is 4.74 Å². The molecular weight excluding hydrogens is 236 g/mol. The first-order chi connectivity index (χ1) is 8.38. The molecule has 0 aliphatic heterocycles. The van der Waals surface area contributed by atoms with Gasteiger partial charge in [0.25, 0.3) is 0 Å². The van der Waals surface area contributed by atoms with Gasteiger partial charge in [0.15, 0.2) is 5.69 Å². The average molecular weight is 250 g/mol. The van der Waals surface area contributed by atoms with Crippen LogP contribution in [0.5, 0.6) is 0 Å². The lowest BCUT2D eigenvalue weighted by molar-refractivity contribution is 0.00637. The Hall–Kier alpha value is -2.25. The third-order valence-electron chi connectivity index (χ3n) is 2.09. The van der Waals surface area contributed by atoms with Gasteiger partial charge in [-0.1, -0.05) is 0 Å². The number of hydrogen-bond acceptors (Lipinski definition) is 6. The topological polar surface area (TPSA) is 109 Å². The highest BCUT2D eigenvalue weighted by Crippen LogP contribution is 2.21. The predicted octanol–water partition coefficient (Wildman–Crippen LogP) is 0.854. The van der Waals surface area contributed by atoms with Crippen molar-refractivity contribution in [2.24, 2.45) is 0 Å². The number of carbonyl (C=O) groups is 1. The second kappa shape index (κ2) is 4.21. The van der Waals surface area contributed by atoms with E-state index in [0.29, 0.717) is 17.1 Å².